The Hall–Kier alpha value is -3.91. The van der Waals surface area contributed by atoms with Crippen molar-refractivity contribution in [3.8, 4) is 12.3 Å². The minimum atomic E-state index is -3.02. The molecule has 0 aliphatic carbocycles. The summed E-state index contributed by atoms with van der Waals surface area (Å²) in [5, 5.41) is 15.0. The van der Waals surface area contributed by atoms with Gasteiger partial charge in [0.15, 0.2) is 0 Å². The van der Waals surface area contributed by atoms with E-state index in [9.17, 15) is 27.9 Å². The number of benzene rings is 1. The van der Waals surface area contributed by atoms with E-state index in [-0.39, 0.29) is 53.4 Å². The number of hydrogen-bond donors (Lipinski definition) is 2. The molecule has 1 aromatic carbocycles. The smallest absolute Gasteiger partial charge is 0.266 e. The van der Waals surface area contributed by atoms with Crippen molar-refractivity contribution < 1.29 is 23.1 Å². The Balaban J connectivity index is 1.58. The molecule has 2 unspecified atom stereocenters. The summed E-state index contributed by atoms with van der Waals surface area (Å²) in [4.78, 5) is 35.7. The number of piperidine rings is 1. The predicted octanol–water partition coefficient (Wildman–Crippen LogP) is 3.55. The Labute approximate surface area is 216 Å². The fraction of sp³-hybridized carbons (Fsp3) is 0.407. The normalized spacial score (nSPS) is 23.5. The first kappa shape index (κ1) is 25.7. The lowest BCUT2D eigenvalue weighted by molar-refractivity contribution is -0.139. The highest BCUT2D eigenvalue weighted by Gasteiger charge is 2.50. The number of fused-ring (bicyclic) bond motifs is 3. The minimum absolute atomic E-state index is 0.0608. The molecule has 4 heterocycles. The van der Waals surface area contributed by atoms with Crippen molar-refractivity contribution in [2.24, 2.45) is 7.05 Å². The first-order valence-corrected chi connectivity index (χ1v) is 12.2. The van der Waals surface area contributed by atoms with Gasteiger partial charge in [0.25, 0.3) is 12.0 Å². The van der Waals surface area contributed by atoms with Gasteiger partial charge in [0.1, 0.15) is 29.7 Å². The molecule has 38 heavy (non-hydrogen) atoms. The topological polar surface area (TPSA) is 100 Å². The van der Waals surface area contributed by atoms with Gasteiger partial charge in [-0.15, -0.1) is 6.42 Å². The summed E-state index contributed by atoms with van der Waals surface area (Å²) in [7, 11) is 1.51. The number of amides is 1. The van der Waals surface area contributed by atoms with Crippen molar-refractivity contribution in [2.75, 3.05) is 5.32 Å². The summed E-state index contributed by atoms with van der Waals surface area (Å²) in [6.07, 6.45) is 5.72. The zero-order valence-corrected chi connectivity index (χ0v) is 20.8. The fourth-order valence-corrected chi connectivity index (χ4v) is 5.98. The molecule has 0 spiro atoms. The zero-order chi connectivity index (χ0) is 27.4. The van der Waals surface area contributed by atoms with E-state index in [1.807, 2.05) is 0 Å². The molecule has 2 fully saturated rings. The maximum Gasteiger partial charge on any atom is 0.266 e. The van der Waals surface area contributed by atoms with Crippen LogP contribution in [0.2, 0.25) is 0 Å². The van der Waals surface area contributed by atoms with Crippen molar-refractivity contribution in [1.29, 1.82) is 0 Å². The molecule has 3 atom stereocenters. The number of aryl methyl sites for hydroxylation is 1. The summed E-state index contributed by atoms with van der Waals surface area (Å²) in [5.41, 5.74) is -2.49. The van der Waals surface area contributed by atoms with E-state index in [1.165, 1.54) is 43.1 Å². The molecule has 3 aromatic rings. The van der Waals surface area contributed by atoms with Crippen LogP contribution in [0.4, 0.5) is 19.0 Å². The lowest BCUT2D eigenvalue weighted by Gasteiger charge is -2.43. The lowest BCUT2D eigenvalue weighted by atomic mass is 9.80. The number of nitrogens with zero attached hydrogens (tertiary/aromatic N) is 4. The van der Waals surface area contributed by atoms with Crippen molar-refractivity contribution >= 4 is 22.8 Å². The van der Waals surface area contributed by atoms with Crippen molar-refractivity contribution in [2.45, 2.75) is 62.8 Å². The molecule has 0 radical (unpaired) electrons. The highest BCUT2D eigenvalue weighted by atomic mass is 19.3. The number of anilines is 1. The van der Waals surface area contributed by atoms with Crippen LogP contribution in [-0.2, 0) is 17.4 Å². The molecule has 2 N–H and O–H groups in total. The van der Waals surface area contributed by atoms with Crippen LogP contribution >= 0.6 is 0 Å². The molecule has 0 saturated carbocycles. The average molecular weight is 526 g/mol. The quantitative estimate of drug-likeness (QED) is 0.495. The Morgan fingerprint density at radius 1 is 1.24 bits per heavy atom. The molecule has 1 amide bonds. The average Bonchev–Trinajstić information content (AvgIpc) is 3.17. The fourth-order valence-electron chi connectivity index (χ4n) is 5.98. The number of alkyl halides is 2. The predicted molar refractivity (Wildman–Crippen MR) is 134 cm³/mol. The monoisotopic (exact) mass is 525 g/mol. The van der Waals surface area contributed by atoms with E-state index < -0.39 is 35.0 Å². The summed E-state index contributed by atoms with van der Waals surface area (Å²) in [6.45, 7) is 1.50. The van der Waals surface area contributed by atoms with Crippen molar-refractivity contribution in [3.63, 3.8) is 0 Å². The van der Waals surface area contributed by atoms with Crippen LogP contribution in [0, 0.1) is 18.2 Å². The highest BCUT2D eigenvalue weighted by Crippen LogP contribution is 2.45. The Morgan fingerprint density at radius 2 is 1.89 bits per heavy atom. The molecule has 2 aromatic heterocycles. The van der Waals surface area contributed by atoms with E-state index in [0.29, 0.717) is 5.39 Å². The molecule has 198 valence electrons. The third-order valence-corrected chi connectivity index (χ3v) is 7.69. The first-order valence-electron chi connectivity index (χ1n) is 12.2. The highest BCUT2D eigenvalue weighted by molar-refractivity contribution is 5.87. The van der Waals surface area contributed by atoms with Gasteiger partial charge in [0.2, 0.25) is 5.91 Å². The molecule has 5 rings (SSSR count). The van der Waals surface area contributed by atoms with E-state index in [2.05, 4.69) is 21.2 Å². The molecule has 11 heteroatoms. The molecule has 8 nitrogen and oxygen atoms in total. The van der Waals surface area contributed by atoms with Crippen LogP contribution in [0.15, 0.2) is 35.4 Å². The van der Waals surface area contributed by atoms with E-state index >= 15 is 0 Å². The Kier molecular flexibility index (Phi) is 6.39. The van der Waals surface area contributed by atoms with Gasteiger partial charge in [-0.1, -0.05) is 24.1 Å². The number of nitrogens with one attached hydrogen (secondary N) is 1. The minimum Gasteiger partial charge on any atom is -0.385 e. The third-order valence-electron chi connectivity index (χ3n) is 7.69. The molecule has 2 saturated heterocycles. The van der Waals surface area contributed by atoms with Gasteiger partial charge < -0.3 is 15.3 Å². The van der Waals surface area contributed by atoms with Gasteiger partial charge in [-0.3, -0.25) is 14.2 Å². The Bertz CT molecular complexity index is 1520. The Morgan fingerprint density at radius 3 is 2.50 bits per heavy atom. The lowest BCUT2D eigenvalue weighted by Crippen LogP contribution is -2.52. The van der Waals surface area contributed by atoms with Gasteiger partial charge in [-0.25, -0.2) is 23.1 Å². The number of rotatable bonds is 5. The van der Waals surface area contributed by atoms with Gasteiger partial charge in [0.05, 0.1) is 16.6 Å². The second-order valence-corrected chi connectivity index (χ2v) is 9.93. The van der Waals surface area contributed by atoms with Crippen LogP contribution < -0.4 is 10.9 Å². The summed E-state index contributed by atoms with van der Waals surface area (Å²) in [6, 6.07) is 3.57. The number of terminal acetylenes is 1. The van der Waals surface area contributed by atoms with Gasteiger partial charge in [-0.05, 0) is 18.9 Å². The molecular weight excluding hydrogens is 499 g/mol. The summed E-state index contributed by atoms with van der Waals surface area (Å²) < 4.78 is 42.7. The van der Waals surface area contributed by atoms with Crippen molar-refractivity contribution in [3.05, 3.63) is 63.5 Å². The number of pyridine rings is 1. The van der Waals surface area contributed by atoms with Crippen LogP contribution in [0.3, 0.4) is 0 Å². The second kappa shape index (κ2) is 9.44. The van der Waals surface area contributed by atoms with Crippen LogP contribution in [0.1, 0.15) is 61.8 Å². The number of aromatic nitrogens is 3. The number of aliphatic hydroxyl groups is 1. The third kappa shape index (κ3) is 4.09. The molecule has 2 aliphatic rings. The van der Waals surface area contributed by atoms with Gasteiger partial charge >= 0.3 is 0 Å². The van der Waals surface area contributed by atoms with E-state index in [0.717, 1.165) is 18.9 Å². The standard InChI is InChI=1S/C27H26F3N5O3/c1-4-21(17-6-5-7-18(22(17)28)23(29)30)33-24-19-10-20(26(37)34(3)25(19)32-13-31-24)27(38)11-15-8-9-16(12-27)35(15)14(2)36/h1,5-7,10,13,15-16,21,23,38H,8-9,11-12H2,2-3H3,(H,31,32,33)/t15?,16?,21-,27?/m1/s1. The van der Waals surface area contributed by atoms with E-state index in [1.54, 1.807) is 4.90 Å². The largest absolute Gasteiger partial charge is 0.385 e. The maximum absolute atomic E-state index is 14.9. The van der Waals surface area contributed by atoms with Crippen molar-refractivity contribution in [1.82, 2.24) is 19.4 Å². The first-order chi connectivity index (χ1) is 18.1. The van der Waals surface area contributed by atoms with Gasteiger partial charge in [-0.2, -0.15) is 0 Å². The molecule has 2 aliphatic heterocycles. The van der Waals surface area contributed by atoms with E-state index in [4.69, 9.17) is 6.42 Å². The number of hydrogen-bond acceptors (Lipinski definition) is 6. The number of halogens is 3. The maximum atomic E-state index is 14.9. The van der Waals surface area contributed by atoms with Crippen LogP contribution in [0.5, 0.6) is 0 Å². The number of carbonyl (C=O) groups excluding carboxylic acids is 1. The van der Waals surface area contributed by atoms with Crippen LogP contribution in [0.25, 0.3) is 11.0 Å². The summed E-state index contributed by atoms with van der Waals surface area (Å²) in [5.74, 6) is 1.34. The SMILES string of the molecule is C#C[C@@H](Nc1ncnc2c1cc(C1(O)CC3CCC(C1)N3C(C)=O)c(=O)n2C)c1cccc(C(F)F)c1F. The molecular formula is C27H26F3N5O3. The van der Waals surface area contributed by atoms with Gasteiger partial charge in [0, 0.05) is 50.0 Å². The summed E-state index contributed by atoms with van der Waals surface area (Å²) >= 11 is 0. The van der Waals surface area contributed by atoms with Crippen LogP contribution in [-0.4, -0.2) is 42.5 Å². The number of carbonyl (C=O) groups is 1. The molecule has 2 bridgehead atoms. The second-order valence-electron chi connectivity index (χ2n) is 9.93. The zero-order valence-electron chi connectivity index (χ0n) is 20.8.